The molecule has 3 aromatic heterocycles. The molecule has 0 radical (unpaired) electrons. The van der Waals surface area contributed by atoms with Gasteiger partial charge >= 0.3 is 0 Å². The first kappa shape index (κ1) is 36.5. The van der Waals surface area contributed by atoms with Crippen LogP contribution in [-0.2, 0) is 0 Å². The van der Waals surface area contributed by atoms with E-state index in [0.29, 0.717) is 0 Å². The Bertz CT molecular complexity index is 3860. The Morgan fingerprint density at radius 1 is 0.375 bits per heavy atom. The fourth-order valence-electron chi connectivity index (χ4n) is 9.93. The highest BCUT2D eigenvalue weighted by atomic mass is 32.1. The van der Waals surface area contributed by atoms with E-state index in [9.17, 15) is 0 Å². The summed E-state index contributed by atoms with van der Waals surface area (Å²) < 4.78 is 11.2. The zero-order chi connectivity index (χ0) is 42.1. The lowest BCUT2D eigenvalue weighted by Gasteiger charge is -2.27. The van der Waals surface area contributed by atoms with E-state index in [4.69, 9.17) is 4.42 Å². The van der Waals surface area contributed by atoms with Gasteiger partial charge in [-0.15, -0.1) is 11.3 Å². The van der Waals surface area contributed by atoms with E-state index >= 15 is 0 Å². The van der Waals surface area contributed by atoms with Crippen LogP contribution in [0.25, 0.3) is 103 Å². The maximum Gasteiger partial charge on any atom is 0.136 e. The predicted octanol–water partition coefficient (Wildman–Crippen LogP) is 17.5. The molecule has 0 saturated heterocycles. The summed E-state index contributed by atoms with van der Waals surface area (Å²) in [5.74, 6) is 0. The first-order valence-electron chi connectivity index (χ1n) is 21.7. The summed E-state index contributed by atoms with van der Waals surface area (Å²) in [6.45, 7) is 0. The van der Waals surface area contributed by atoms with Crippen LogP contribution < -0.4 is 4.90 Å². The average Bonchev–Trinajstić information content (AvgIpc) is 4.05. The van der Waals surface area contributed by atoms with E-state index in [2.05, 4.69) is 234 Å². The molecule has 0 fully saturated rings. The Labute approximate surface area is 373 Å². The first-order chi connectivity index (χ1) is 31.7. The molecule has 0 bridgehead atoms. The summed E-state index contributed by atoms with van der Waals surface area (Å²) in [5, 5.41) is 7.32. The standard InChI is InChI=1S/C60H38N2OS/c1-2-18-43(19-3-1)61(44-33-31-39(32-34-44)40-15-13-20-45(38-40)62-52-26-8-4-21-48(52)49-22-5-9-27-53(49)62)54-36-35-47(60-59(54)51-24-7-11-30-57(51)64-60)42-17-12-16-41(37-42)46-25-14-29-56-58(46)50-23-6-10-28-55(50)63-56/h1-38H. The summed E-state index contributed by atoms with van der Waals surface area (Å²) in [7, 11) is 0. The molecule has 10 aromatic carbocycles. The fourth-order valence-corrected chi connectivity index (χ4v) is 11.2. The normalized spacial score (nSPS) is 11.8. The van der Waals surface area contributed by atoms with Gasteiger partial charge in [0.05, 0.1) is 16.7 Å². The van der Waals surface area contributed by atoms with Gasteiger partial charge in [0.2, 0.25) is 0 Å². The third-order valence-corrected chi connectivity index (χ3v) is 14.0. The Hall–Kier alpha value is -8.18. The van der Waals surface area contributed by atoms with E-state index in [1.54, 1.807) is 0 Å². The van der Waals surface area contributed by atoms with Gasteiger partial charge in [0.15, 0.2) is 0 Å². The van der Waals surface area contributed by atoms with Gasteiger partial charge in [-0.1, -0.05) is 152 Å². The second kappa shape index (κ2) is 14.7. The minimum absolute atomic E-state index is 0.905. The molecule has 64 heavy (non-hydrogen) atoms. The van der Waals surface area contributed by atoms with Gasteiger partial charge in [-0.2, -0.15) is 0 Å². The molecule has 0 aliphatic carbocycles. The van der Waals surface area contributed by atoms with E-state index in [1.807, 2.05) is 17.4 Å². The minimum Gasteiger partial charge on any atom is -0.456 e. The lowest BCUT2D eigenvalue weighted by atomic mass is 9.94. The molecule has 0 amide bonds. The summed E-state index contributed by atoms with van der Waals surface area (Å²) in [6.07, 6.45) is 0. The molecule has 0 aliphatic heterocycles. The number of nitrogens with zero attached hydrogens (tertiary/aromatic N) is 2. The topological polar surface area (TPSA) is 21.3 Å². The number of benzene rings is 10. The molecular formula is C60H38N2OS. The quantitative estimate of drug-likeness (QED) is 0.159. The molecule has 4 heteroatoms. The molecule has 0 spiro atoms. The number of rotatable bonds is 7. The van der Waals surface area contributed by atoms with Gasteiger partial charge in [-0.25, -0.2) is 0 Å². The second-order valence-electron chi connectivity index (χ2n) is 16.4. The highest BCUT2D eigenvalue weighted by Crippen LogP contribution is 2.49. The molecule has 3 nitrogen and oxygen atoms in total. The van der Waals surface area contributed by atoms with Crippen molar-refractivity contribution in [2.24, 2.45) is 0 Å². The van der Waals surface area contributed by atoms with Gasteiger partial charge in [-0.05, 0) is 112 Å². The Morgan fingerprint density at radius 3 is 1.78 bits per heavy atom. The van der Waals surface area contributed by atoms with Crippen molar-refractivity contribution in [2.45, 2.75) is 0 Å². The lowest BCUT2D eigenvalue weighted by molar-refractivity contribution is 0.669. The van der Waals surface area contributed by atoms with Gasteiger partial charge in [0.1, 0.15) is 11.2 Å². The number of hydrogen-bond acceptors (Lipinski definition) is 3. The third-order valence-electron chi connectivity index (χ3n) is 12.8. The maximum absolute atomic E-state index is 6.30. The number of aromatic nitrogens is 1. The van der Waals surface area contributed by atoms with Crippen LogP contribution in [0.4, 0.5) is 17.1 Å². The predicted molar refractivity (Wildman–Crippen MR) is 272 cm³/mol. The molecule has 13 rings (SSSR count). The molecule has 0 aliphatic rings. The monoisotopic (exact) mass is 834 g/mol. The average molecular weight is 835 g/mol. The molecule has 0 unspecified atom stereocenters. The largest absolute Gasteiger partial charge is 0.456 e. The van der Waals surface area contributed by atoms with E-state index in [-0.39, 0.29) is 0 Å². The molecule has 13 aromatic rings. The molecule has 0 saturated carbocycles. The number of para-hydroxylation sites is 4. The Balaban J connectivity index is 0.935. The summed E-state index contributed by atoms with van der Waals surface area (Å²) in [6, 6.07) is 83.4. The van der Waals surface area contributed by atoms with E-state index < -0.39 is 0 Å². The highest BCUT2D eigenvalue weighted by molar-refractivity contribution is 7.26. The molecule has 0 atom stereocenters. The molecular weight excluding hydrogens is 797 g/mol. The summed E-state index contributed by atoms with van der Waals surface area (Å²) in [5.41, 5.74) is 15.8. The van der Waals surface area contributed by atoms with Crippen LogP contribution in [0.1, 0.15) is 0 Å². The van der Waals surface area contributed by atoms with Gasteiger partial charge < -0.3 is 13.9 Å². The smallest absolute Gasteiger partial charge is 0.136 e. The zero-order valence-electron chi connectivity index (χ0n) is 34.7. The van der Waals surface area contributed by atoms with Crippen molar-refractivity contribution in [3.63, 3.8) is 0 Å². The summed E-state index contributed by atoms with van der Waals surface area (Å²) >= 11 is 1.87. The van der Waals surface area contributed by atoms with Crippen LogP contribution in [0.2, 0.25) is 0 Å². The van der Waals surface area contributed by atoms with E-state index in [0.717, 1.165) is 44.7 Å². The number of thiophene rings is 1. The van der Waals surface area contributed by atoms with E-state index in [1.165, 1.54) is 75.4 Å². The Kier molecular flexibility index (Phi) is 8.40. The van der Waals surface area contributed by atoms with Crippen molar-refractivity contribution in [1.29, 1.82) is 0 Å². The maximum atomic E-state index is 6.30. The number of fused-ring (bicyclic) bond motifs is 9. The van der Waals surface area contributed by atoms with Crippen LogP contribution in [0.5, 0.6) is 0 Å². The van der Waals surface area contributed by atoms with Crippen molar-refractivity contribution < 1.29 is 4.42 Å². The van der Waals surface area contributed by atoms with Gasteiger partial charge in [0, 0.05) is 58.8 Å². The minimum atomic E-state index is 0.905. The van der Waals surface area contributed by atoms with Crippen LogP contribution >= 0.6 is 11.3 Å². The third kappa shape index (κ3) is 5.81. The van der Waals surface area contributed by atoms with Crippen molar-refractivity contribution in [2.75, 3.05) is 4.90 Å². The molecule has 300 valence electrons. The molecule has 0 N–H and O–H groups in total. The Morgan fingerprint density at radius 2 is 0.984 bits per heavy atom. The fraction of sp³-hybridized carbons (Fsp3) is 0. The second-order valence-corrected chi connectivity index (χ2v) is 17.5. The number of hydrogen-bond donors (Lipinski definition) is 0. The van der Waals surface area contributed by atoms with Gasteiger partial charge in [-0.3, -0.25) is 0 Å². The van der Waals surface area contributed by atoms with Gasteiger partial charge in [0.25, 0.3) is 0 Å². The van der Waals surface area contributed by atoms with Crippen molar-refractivity contribution in [3.05, 3.63) is 231 Å². The van der Waals surface area contributed by atoms with Crippen molar-refractivity contribution in [3.8, 4) is 39.1 Å². The lowest BCUT2D eigenvalue weighted by Crippen LogP contribution is -2.10. The van der Waals surface area contributed by atoms with Crippen LogP contribution in [0.15, 0.2) is 235 Å². The van der Waals surface area contributed by atoms with Crippen LogP contribution in [-0.4, -0.2) is 4.57 Å². The SMILES string of the molecule is c1ccc(N(c2ccc(-c3cccc(-n4c5ccccc5c5ccccc54)c3)cc2)c2ccc(-c3cccc(-c4cccc5oc6ccccc6c45)c3)c3sc4ccccc4c23)cc1. The summed E-state index contributed by atoms with van der Waals surface area (Å²) in [4.78, 5) is 2.42. The zero-order valence-corrected chi connectivity index (χ0v) is 35.5. The highest BCUT2D eigenvalue weighted by Gasteiger charge is 2.22. The van der Waals surface area contributed by atoms with Crippen molar-refractivity contribution >= 4 is 92.3 Å². The number of anilines is 3. The molecule has 3 heterocycles. The first-order valence-corrected chi connectivity index (χ1v) is 22.6. The number of furan rings is 1. The van der Waals surface area contributed by atoms with Crippen LogP contribution in [0, 0.1) is 0 Å². The van der Waals surface area contributed by atoms with Crippen LogP contribution in [0.3, 0.4) is 0 Å². The van der Waals surface area contributed by atoms with Crippen molar-refractivity contribution in [1.82, 2.24) is 4.57 Å².